The molecule has 2 N–H and O–H groups in total. The third kappa shape index (κ3) is 3.55. The highest BCUT2D eigenvalue weighted by atomic mass is 28.2. The van der Waals surface area contributed by atoms with Crippen molar-refractivity contribution >= 4 is 14.7 Å². The Hall–Kier alpha value is -1.38. The monoisotopic (exact) mass is 239 g/mol. The molecule has 0 saturated heterocycles. The Bertz CT molecular complexity index is 453. The van der Waals surface area contributed by atoms with Crippen LogP contribution in [0.4, 0.5) is 0 Å². The van der Waals surface area contributed by atoms with Crippen LogP contribution in [-0.2, 0) is 12.8 Å². The maximum Gasteiger partial charge on any atom is 0.0977 e. The second-order valence-corrected chi connectivity index (χ2v) is 5.32. The summed E-state index contributed by atoms with van der Waals surface area (Å²) in [6, 6.07) is 19.3. The summed E-state index contributed by atoms with van der Waals surface area (Å²) in [6.07, 6.45) is 2.96. The van der Waals surface area contributed by atoms with Gasteiger partial charge in [0.1, 0.15) is 0 Å². The van der Waals surface area contributed by atoms with Gasteiger partial charge < -0.3 is 5.73 Å². The van der Waals surface area contributed by atoms with Gasteiger partial charge in [0, 0.05) is 0 Å². The first kappa shape index (κ1) is 12.1. The molecule has 0 atom stereocenters. The lowest BCUT2D eigenvalue weighted by molar-refractivity contribution is 0.966. The molecule has 0 bridgehead atoms. The minimum Gasteiger partial charge on any atom is -0.333 e. The van der Waals surface area contributed by atoms with Gasteiger partial charge >= 0.3 is 0 Å². The molecule has 0 aliphatic carbocycles. The molecule has 2 heteroatoms. The molecular formula is C15H17NSi. The fourth-order valence-electron chi connectivity index (χ4n) is 1.94. The lowest BCUT2D eigenvalue weighted by Crippen LogP contribution is -2.26. The van der Waals surface area contributed by atoms with Crippen molar-refractivity contribution in [3.63, 3.8) is 0 Å². The van der Waals surface area contributed by atoms with Crippen molar-refractivity contribution in [3.05, 3.63) is 65.7 Å². The Morgan fingerprint density at radius 1 is 0.824 bits per heavy atom. The molecule has 0 amide bonds. The number of hydrogen-bond acceptors (Lipinski definition) is 1. The molecule has 0 saturated carbocycles. The number of nitrogens with two attached hydrogens (primary N) is 1. The third-order valence-electron chi connectivity index (χ3n) is 2.84. The van der Waals surface area contributed by atoms with Crippen LogP contribution in [0.3, 0.4) is 0 Å². The molecule has 0 spiro atoms. The van der Waals surface area contributed by atoms with Crippen LogP contribution < -0.4 is 10.9 Å². The van der Waals surface area contributed by atoms with E-state index >= 15 is 0 Å². The van der Waals surface area contributed by atoms with E-state index in [0.29, 0.717) is 0 Å². The lowest BCUT2D eigenvalue weighted by atomic mass is 10.0. The Kier molecular flexibility index (Phi) is 4.53. The fraction of sp³-hybridized carbons (Fsp3) is 0.200. The minimum absolute atomic E-state index is 0.731. The zero-order valence-electron chi connectivity index (χ0n) is 9.89. The Morgan fingerprint density at radius 2 is 1.53 bits per heavy atom. The van der Waals surface area contributed by atoms with Crippen LogP contribution in [-0.4, -0.2) is 15.7 Å². The first-order valence-electron chi connectivity index (χ1n) is 5.96. The van der Waals surface area contributed by atoms with Crippen molar-refractivity contribution in [1.82, 2.24) is 0 Å². The fourth-order valence-corrected chi connectivity index (χ4v) is 2.81. The molecule has 2 rings (SSSR count). The summed E-state index contributed by atoms with van der Waals surface area (Å²) in [6.45, 7) is 0. The lowest BCUT2D eigenvalue weighted by Gasteiger charge is -2.08. The second-order valence-electron chi connectivity index (χ2n) is 4.02. The van der Waals surface area contributed by atoms with E-state index in [9.17, 15) is 0 Å². The molecule has 2 aromatic rings. The molecule has 1 nitrogen and oxygen atoms in total. The van der Waals surface area contributed by atoms with Crippen LogP contribution in [0.1, 0.15) is 11.1 Å². The van der Waals surface area contributed by atoms with Crippen LogP contribution in [0.25, 0.3) is 0 Å². The standard InChI is InChI=1S/C15H17NSi/c16-12-17-15-9-5-4-8-14(15)11-10-13-6-2-1-3-7-13/h1-9H,10-12,16H2. The predicted octanol–water partition coefficient (Wildman–Crippen LogP) is 1.72. The summed E-state index contributed by atoms with van der Waals surface area (Å²) in [4.78, 5) is 0. The largest absolute Gasteiger partial charge is 0.333 e. The number of benzene rings is 2. The topological polar surface area (TPSA) is 26.0 Å². The smallest absolute Gasteiger partial charge is 0.0977 e. The molecule has 0 unspecified atom stereocenters. The van der Waals surface area contributed by atoms with E-state index in [1.54, 1.807) is 0 Å². The molecule has 0 aromatic heterocycles. The summed E-state index contributed by atoms with van der Waals surface area (Å²) < 4.78 is 0. The molecule has 0 fully saturated rings. The van der Waals surface area contributed by atoms with Crippen molar-refractivity contribution < 1.29 is 0 Å². The van der Waals surface area contributed by atoms with Crippen LogP contribution in [0.5, 0.6) is 0 Å². The van der Waals surface area contributed by atoms with E-state index in [4.69, 9.17) is 5.73 Å². The van der Waals surface area contributed by atoms with E-state index < -0.39 is 0 Å². The summed E-state index contributed by atoms with van der Waals surface area (Å²) in [5, 5.41) is 1.42. The van der Waals surface area contributed by atoms with Crippen molar-refractivity contribution in [2.75, 3.05) is 6.17 Å². The van der Waals surface area contributed by atoms with Gasteiger partial charge in [-0.1, -0.05) is 59.8 Å². The third-order valence-corrected chi connectivity index (χ3v) is 3.91. The van der Waals surface area contributed by atoms with E-state index in [-0.39, 0.29) is 0 Å². The van der Waals surface area contributed by atoms with Crippen molar-refractivity contribution in [2.45, 2.75) is 12.8 Å². The summed E-state index contributed by atoms with van der Waals surface area (Å²) in [5.41, 5.74) is 8.49. The zero-order valence-corrected chi connectivity index (χ0v) is 10.9. The molecule has 0 aliphatic heterocycles. The van der Waals surface area contributed by atoms with Crippen molar-refractivity contribution in [3.8, 4) is 0 Å². The highest BCUT2D eigenvalue weighted by Crippen LogP contribution is 2.05. The van der Waals surface area contributed by atoms with Crippen molar-refractivity contribution in [1.29, 1.82) is 0 Å². The summed E-state index contributed by atoms with van der Waals surface area (Å²) in [7, 11) is 0.731. The maximum absolute atomic E-state index is 5.65. The normalized spacial score (nSPS) is 10.4. The number of aryl methyl sites for hydroxylation is 2. The SMILES string of the molecule is NC[Si]c1ccccc1CCc1ccccc1. The molecule has 0 heterocycles. The van der Waals surface area contributed by atoms with Crippen LogP contribution >= 0.6 is 0 Å². The Morgan fingerprint density at radius 3 is 2.29 bits per heavy atom. The molecular weight excluding hydrogens is 222 g/mol. The molecule has 17 heavy (non-hydrogen) atoms. The van der Waals surface area contributed by atoms with Gasteiger partial charge in [-0.3, -0.25) is 0 Å². The summed E-state index contributed by atoms with van der Waals surface area (Å²) in [5.74, 6) is 0. The number of hydrogen-bond donors (Lipinski definition) is 1. The molecule has 86 valence electrons. The maximum atomic E-state index is 5.65. The predicted molar refractivity (Wildman–Crippen MR) is 74.7 cm³/mol. The summed E-state index contributed by atoms with van der Waals surface area (Å²) >= 11 is 0. The van der Waals surface area contributed by atoms with Gasteiger partial charge in [0.2, 0.25) is 0 Å². The first-order chi connectivity index (χ1) is 8.40. The highest BCUT2D eigenvalue weighted by molar-refractivity contribution is 6.54. The van der Waals surface area contributed by atoms with Gasteiger partial charge in [-0.15, -0.1) is 0 Å². The van der Waals surface area contributed by atoms with E-state index in [0.717, 1.165) is 28.5 Å². The average molecular weight is 239 g/mol. The van der Waals surface area contributed by atoms with Crippen LogP contribution in [0, 0.1) is 0 Å². The second kappa shape index (κ2) is 6.38. The highest BCUT2D eigenvalue weighted by Gasteiger charge is 2.01. The average Bonchev–Trinajstić information content (AvgIpc) is 2.39. The van der Waals surface area contributed by atoms with Gasteiger partial charge in [-0.2, -0.15) is 0 Å². The molecule has 2 aromatic carbocycles. The van der Waals surface area contributed by atoms with Gasteiger partial charge in [0.05, 0.1) is 9.52 Å². The molecule has 0 aliphatic rings. The van der Waals surface area contributed by atoms with Gasteiger partial charge in [0.25, 0.3) is 0 Å². The van der Waals surface area contributed by atoms with Gasteiger partial charge in [-0.25, -0.2) is 0 Å². The van der Waals surface area contributed by atoms with Gasteiger partial charge in [-0.05, 0) is 30.1 Å². The zero-order chi connectivity index (χ0) is 11.9. The van der Waals surface area contributed by atoms with Crippen LogP contribution in [0.15, 0.2) is 54.6 Å². The first-order valence-corrected chi connectivity index (χ1v) is 7.16. The number of rotatable bonds is 5. The Balaban J connectivity index is 2.03. The van der Waals surface area contributed by atoms with E-state index in [1.807, 2.05) is 0 Å². The van der Waals surface area contributed by atoms with Crippen LogP contribution in [0.2, 0.25) is 0 Å². The minimum atomic E-state index is 0.731. The molecule has 2 radical (unpaired) electrons. The van der Waals surface area contributed by atoms with E-state index in [1.165, 1.54) is 16.3 Å². The van der Waals surface area contributed by atoms with Gasteiger partial charge in [0.15, 0.2) is 0 Å². The quantitative estimate of drug-likeness (QED) is 0.790. The van der Waals surface area contributed by atoms with E-state index in [2.05, 4.69) is 54.6 Å². The van der Waals surface area contributed by atoms with Crippen molar-refractivity contribution in [2.24, 2.45) is 5.73 Å². The Labute approximate surface area is 105 Å².